The number of thioether (sulfide) groups is 1. The molecule has 0 spiro atoms. The number of aromatic nitrogens is 1. The zero-order valence-corrected chi connectivity index (χ0v) is 46.8. The molecule has 0 saturated heterocycles. The number of rotatable bonds is 34. The van der Waals surface area contributed by atoms with Gasteiger partial charge in [-0.2, -0.15) is 11.8 Å². The lowest BCUT2D eigenvalue weighted by Crippen LogP contribution is -2.63. The number of H-pyrrole nitrogens is 1. The smallest absolute Gasteiger partial charge is 0.326 e. The molecule has 0 saturated carbocycles. The minimum Gasteiger partial charge on any atom is -0.480 e. The average Bonchev–Trinajstić information content (AvgIpc) is 3.74. The number of aliphatic carboxylic acids is 1. The van der Waals surface area contributed by atoms with Gasteiger partial charge >= 0.3 is 5.97 Å². The largest absolute Gasteiger partial charge is 0.480 e. The van der Waals surface area contributed by atoms with Crippen molar-refractivity contribution < 1.29 is 58.5 Å². The summed E-state index contributed by atoms with van der Waals surface area (Å²) < 4.78 is 0. The van der Waals surface area contributed by atoms with E-state index in [4.69, 9.17) is 17.2 Å². The summed E-state index contributed by atoms with van der Waals surface area (Å²) in [5, 5.41) is 52.6. The highest BCUT2D eigenvalue weighted by atomic mass is 32.2. The van der Waals surface area contributed by atoms with Gasteiger partial charge in [-0.25, -0.2) is 4.79 Å². The molecular weight excluding hydrogens is 1020 g/mol. The van der Waals surface area contributed by atoms with E-state index in [2.05, 4.69) is 52.5 Å². The van der Waals surface area contributed by atoms with Crippen LogP contribution in [0.2, 0.25) is 0 Å². The Morgan fingerprint density at radius 3 is 1.60 bits per heavy atom. The summed E-state index contributed by atoms with van der Waals surface area (Å²) >= 11 is 1.39. The van der Waals surface area contributed by atoms with Crippen molar-refractivity contribution in [1.82, 2.24) is 47.5 Å². The quantitative estimate of drug-likeness (QED) is 0.0221. The second-order valence-corrected chi connectivity index (χ2v) is 21.6. The molecule has 0 fully saturated rings. The second-order valence-electron chi connectivity index (χ2n) is 20.6. The first kappa shape index (κ1) is 66.6. The normalized spacial score (nSPS) is 15.7. The van der Waals surface area contributed by atoms with E-state index in [-0.39, 0.29) is 68.8 Å². The third-order valence-electron chi connectivity index (χ3n) is 12.2. The summed E-state index contributed by atoms with van der Waals surface area (Å²) in [4.78, 5) is 129. The SMILES string of the molecule is CSCC[C@H](NC(=O)[C@H](CC(C)C)NC(=O)[C@@H](N)CC(C)C)C(=O)N[C@@H](CCCN=C(N)N)C(=O)N[C@H](C(=O)N[C@H](C(=O)N[C@@H](Cc1c[nH]c2ccccc12)C(=O)N[C@@H](C)C(=O)N[C@@H](CC(C)C)C(=O)O)[C@@H](C)O)[C@@H](C)O. The third-order valence-corrected chi connectivity index (χ3v) is 12.8. The van der Waals surface area contributed by atoms with Crippen molar-refractivity contribution >= 4 is 81.9 Å². The lowest BCUT2D eigenvalue weighted by atomic mass is 10.00. The Balaban J connectivity index is 2.44. The molecule has 2 rings (SSSR count). The molecule has 432 valence electrons. The van der Waals surface area contributed by atoms with Crippen LogP contribution < -0.4 is 59.7 Å². The predicted octanol–water partition coefficient (Wildman–Crippen LogP) is -1.27. The lowest BCUT2D eigenvalue weighted by molar-refractivity contribution is -0.142. The number of para-hydroxylation sites is 1. The second kappa shape index (κ2) is 32.9. The Bertz CT molecular complexity index is 2320. The number of nitrogens with one attached hydrogen (secondary N) is 9. The molecule has 25 nitrogen and oxygen atoms in total. The van der Waals surface area contributed by atoms with E-state index in [1.54, 1.807) is 50.6 Å². The molecule has 0 aliphatic carbocycles. The van der Waals surface area contributed by atoms with Gasteiger partial charge in [0, 0.05) is 30.1 Å². The van der Waals surface area contributed by atoms with Gasteiger partial charge in [-0.3, -0.25) is 43.3 Å². The number of aliphatic hydroxyl groups is 2. The zero-order valence-electron chi connectivity index (χ0n) is 45.9. The lowest BCUT2D eigenvalue weighted by Gasteiger charge is -2.29. The maximum Gasteiger partial charge on any atom is 0.326 e. The van der Waals surface area contributed by atoms with Crippen molar-refractivity contribution in [3.8, 4) is 0 Å². The number of aromatic amines is 1. The fourth-order valence-electron chi connectivity index (χ4n) is 8.09. The first-order valence-electron chi connectivity index (χ1n) is 25.9. The summed E-state index contributed by atoms with van der Waals surface area (Å²) in [6.07, 6.45) is 0.733. The number of amides is 8. The van der Waals surface area contributed by atoms with Crippen molar-refractivity contribution in [1.29, 1.82) is 0 Å². The Kier molecular flexibility index (Phi) is 28.5. The molecular formula is C51H85N13O12S. The Morgan fingerprint density at radius 2 is 1.05 bits per heavy atom. The minimum atomic E-state index is -1.82. The molecule has 0 unspecified atom stereocenters. The van der Waals surface area contributed by atoms with E-state index in [1.165, 1.54) is 32.5 Å². The third kappa shape index (κ3) is 23.3. The van der Waals surface area contributed by atoms with Crippen LogP contribution in [0, 0.1) is 17.8 Å². The van der Waals surface area contributed by atoms with Gasteiger partial charge in [0.05, 0.1) is 18.2 Å². The number of carboxylic acid groups (broad SMARTS) is 1. The Labute approximate surface area is 454 Å². The number of hydrogen-bond acceptors (Lipinski definition) is 14. The zero-order chi connectivity index (χ0) is 58.3. The highest BCUT2D eigenvalue weighted by Crippen LogP contribution is 2.20. The summed E-state index contributed by atoms with van der Waals surface area (Å²) in [6.45, 7) is 14.8. The number of carboxylic acids is 1. The maximum absolute atomic E-state index is 14.2. The van der Waals surface area contributed by atoms with E-state index < -0.39 is 120 Å². The van der Waals surface area contributed by atoms with Gasteiger partial charge in [0.2, 0.25) is 47.3 Å². The number of nitrogens with two attached hydrogens (primary N) is 3. The predicted molar refractivity (Wildman–Crippen MR) is 293 cm³/mol. The average molecular weight is 1100 g/mol. The highest BCUT2D eigenvalue weighted by Gasteiger charge is 2.37. The molecule has 0 radical (unpaired) electrons. The number of hydrogen-bond donors (Lipinski definition) is 15. The van der Waals surface area contributed by atoms with Gasteiger partial charge in [-0.05, 0) is 101 Å². The van der Waals surface area contributed by atoms with Gasteiger partial charge < -0.3 is 80.0 Å². The standard InChI is InChI=1S/C51H85N13O12S/c1-25(2)20-33(52)43(68)60-37(21-26(3)4)47(72)59-36(17-19-77-10)44(69)58-35(16-13-18-55-51(53)54)45(70)63-41(30(9)66)49(74)64-40(29(8)65)48(73)61-38(23-31-24-56-34-15-12-11-14-32(31)34)46(71)57-28(7)42(67)62-39(50(75)76)22-27(5)6/h11-12,14-15,24-30,33,35-41,56,65-66H,13,16-23,52H2,1-10H3,(H,57,71)(H,58,69)(H,59,72)(H,60,68)(H,61,73)(H,62,67)(H,63,70)(H,64,74)(H,75,76)(H4,53,54,55)/t28-,29+,30+,33-,35-,36-,37-,38-,39-,40-,41-/m0/s1. The van der Waals surface area contributed by atoms with Gasteiger partial charge in [0.25, 0.3) is 0 Å². The molecule has 26 heteroatoms. The minimum absolute atomic E-state index is 0.0184. The van der Waals surface area contributed by atoms with E-state index in [0.29, 0.717) is 28.6 Å². The molecule has 1 heterocycles. The fourth-order valence-corrected chi connectivity index (χ4v) is 8.56. The molecule has 0 aliphatic heterocycles. The number of fused-ring (bicyclic) bond motifs is 1. The molecule has 0 aliphatic rings. The van der Waals surface area contributed by atoms with E-state index in [9.17, 15) is 58.5 Å². The Hall–Kier alpha value is -6.51. The fraction of sp³-hybridized carbons (Fsp3) is 0.647. The molecule has 2 aromatic rings. The number of nitrogens with zero attached hydrogens (tertiary/aromatic N) is 1. The van der Waals surface area contributed by atoms with Crippen LogP contribution in [0.3, 0.4) is 0 Å². The molecule has 77 heavy (non-hydrogen) atoms. The van der Waals surface area contributed by atoms with Gasteiger partial charge in [-0.1, -0.05) is 59.7 Å². The van der Waals surface area contributed by atoms with Crippen LogP contribution in [0.4, 0.5) is 0 Å². The first-order chi connectivity index (χ1) is 36.1. The van der Waals surface area contributed by atoms with Crippen molar-refractivity contribution in [2.75, 3.05) is 18.6 Å². The van der Waals surface area contributed by atoms with Crippen LogP contribution in [0.25, 0.3) is 10.9 Å². The van der Waals surface area contributed by atoms with Crippen molar-refractivity contribution in [2.45, 2.75) is 174 Å². The van der Waals surface area contributed by atoms with Crippen LogP contribution in [0.1, 0.15) is 106 Å². The van der Waals surface area contributed by atoms with E-state index in [1.807, 2.05) is 27.7 Å². The van der Waals surface area contributed by atoms with Gasteiger partial charge in [0.15, 0.2) is 5.96 Å². The molecule has 8 amide bonds. The van der Waals surface area contributed by atoms with Crippen LogP contribution in [0.5, 0.6) is 0 Å². The molecule has 1 aromatic heterocycles. The number of benzene rings is 1. The molecule has 1 aromatic carbocycles. The van der Waals surface area contributed by atoms with Crippen molar-refractivity contribution in [2.24, 2.45) is 39.9 Å². The first-order valence-corrected chi connectivity index (χ1v) is 27.3. The van der Waals surface area contributed by atoms with Crippen molar-refractivity contribution in [3.05, 3.63) is 36.0 Å². The molecule has 11 atom stereocenters. The summed E-state index contributed by atoms with van der Waals surface area (Å²) in [6, 6.07) is -5.11. The Morgan fingerprint density at radius 1 is 0.584 bits per heavy atom. The van der Waals surface area contributed by atoms with Crippen LogP contribution in [-0.2, 0) is 49.6 Å². The number of aliphatic hydroxyl groups excluding tert-OH is 2. The summed E-state index contributed by atoms with van der Waals surface area (Å²) in [7, 11) is 0. The molecule has 18 N–H and O–H groups in total. The maximum atomic E-state index is 14.2. The van der Waals surface area contributed by atoms with Crippen LogP contribution >= 0.6 is 11.8 Å². The summed E-state index contributed by atoms with van der Waals surface area (Å²) in [5.41, 5.74) is 18.4. The van der Waals surface area contributed by atoms with Crippen LogP contribution in [0.15, 0.2) is 35.5 Å². The topological polar surface area (TPSA) is 417 Å². The highest BCUT2D eigenvalue weighted by molar-refractivity contribution is 7.98. The number of carbonyl (C=O) groups excluding carboxylic acids is 8. The van der Waals surface area contributed by atoms with Gasteiger partial charge in [0.1, 0.15) is 48.3 Å². The number of aliphatic imine (C=N–C) groups is 1. The van der Waals surface area contributed by atoms with Crippen molar-refractivity contribution in [3.63, 3.8) is 0 Å². The number of guanidine groups is 1. The monoisotopic (exact) mass is 1100 g/mol. The van der Waals surface area contributed by atoms with E-state index >= 15 is 0 Å². The van der Waals surface area contributed by atoms with Gasteiger partial charge in [-0.15, -0.1) is 0 Å². The summed E-state index contributed by atoms with van der Waals surface area (Å²) in [5.74, 6) is -8.03. The van der Waals surface area contributed by atoms with E-state index in [0.717, 1.165) is 0 Å². The van der Waals surface area contributed by atoms with Crippen LogP contribution in [-0.4, -0.2) is 165 Å². The molecule has 0 bridgehead atoms. The number of carbonyl (C=O) groups is 9.